The van der Waals surface area contributed by atoms with Crippen LogP contribution in [0.4, 0.5) is 0 Å². The van der Waals surface area contributed by atoms with Crippen molar-refractivity contribution < 1.29 is 24.0 Å². The zero-order valence-corrected chi connectivity index (χ0v) is 11.0. The van der Waals surface area contributed by atoms with Crippen LogP contribution in [0.25, 0.3) is 0 Å². The van der Waals surface area contributed by atoms with Crippen molar-refractivity contribution in [2.45, 2.75) is 37.3 Å². The molecule has 2 rings (SSSR count). The lowest BCUT2D eigenvalue weighted by Gasteiger charge is -2.36. The van der Waals surface area contributed by atoms with E-state index in [1.165, 1.54) is 5.82 Å². The standard InChI is InChI=1S/C11H19O5P/c1-8-9-10(14-2)11(16-8,4-6-15-9)5-7-17(3,12)13/h5,7-10,12-13H,3-4,6H2,1-2H3/b7-5+/t8-,9+,10?,11+/m0/s1. The van der Waals surface area contributed by atoms with Gasteiger partial charge in [0.15, 0.2) is 0 Å². The Balaban J connectivity index is 2.28. The third-order valence-electron chi connectivity index (χ3n) is 3.30. The van der Waals surface area contributed by atoms with Gasteiger partial charge in [-0.25, -0.2) is 0 Å². The van der Waals surface area contributed by atoms with Gasteiger partial charge >= 0.3 is 0 Å². The molecule has 2 aliphatic heterocycles. The average molecular weight is 262 g/mol. The van der Waals surface area contributed by atoms with Crippen molar-refractivity contribution in [1.29, 1.82) is 0 Å². The first-order chi connectivity index (χ1) is 7.88. The Bertz CT molecular complexity index is 363. The van der Waals surface area contributed by atoms with Crippen LogP contribution in [0.2, 0.25) is 0 Å². The SMILES string of the molecule is C=P(O)(O)/C=C/[C@]12CCO[C@@H](C1OC)[C@H](C)O2. The van der Waals surface area contributed by atoms with Gasteiger partial charge in [0, 0.05) is 13.5 Å². The second-order valence-corrected chi connectivity index (χ2v) is 6.49. The summed E-state index contributed by atoms with van der Waals surface area (Å²) in [7, 11) is -1.57. The monoisotopic (exact) mass is 262 g/mol. The van der Waals surface area contributed by atoms with E-state index in [0.717, 1.165) is 0 Å². The average Bonchev–Trinajstić information content (AvgIpc) is 2.38. The molecule has 0 aromatic rings. The number of hydrogen-bond acceptors (Lipinski definition) is 5. The zero-order valence-electron chi connectivity index (χ0n) is 10.1. The lowest BCUT2D eigenvalue weighted by atomic mass is 9.89. The van der Waals surface area contributed by atoms with Crippen molar-refractivity contribution in [1.82, 2.24) is 0 Å². The Morgan fingerprint density at radius 1 is 1.53 bits per heavy atom. The molecule has 6 heteroatoms. The third-order valence-corrected chi connectivity index (χ3v) is 3.93. The van der Waals surface area contributed by atoms with Gasteiger partial charge in [0.1, 0.15) is 25.1 Å². The molecule has 0 spiro atoms. The number of hydrogen-bond donors (Lipinski definition) is 2. The smallest absolute Gasteiger partial charge is 0.134 e. The molecule has 0 aromatic heterocycles. The van der Waals surface area contributed by atoms with Gasteiger partial charge < -0.3 is 24.0 Å². The molecular weight excluding hydrogens is 243 g/mol. The first-order valence-electron chi connectivity index (χ1n) is 5.59. The number of rotatable bonds is 3. The predicted molar refractivity (Wildman–Crippen MR) is 66.1 cm³/mol. The van der Waals surface area contributed by atoms with Crippen molar-refractivity contribution in [2.75, 3.05) is 13.7 Å². The van der Waals surface area contributed by atoms with Gasteiger partial charge in [0.05, 0.1) is 12.7 Å². The molecule has 0 saturated carbocycles. The van der Waals surface area contributed by atoms with Crippen LogP contribution in [-0.2, 0) is 14.2 Å². The van der Waals surface area contributed by atoms with E-state index in [0.29, 0.717) is 13.0 Å². The fraction of sp³-hybridized carbons (Fsp3) is 0.727. The first-order valence-corrected chi connectivity index (χ1v) is 7.54. The summed E-state index contributed by atoms with van der Waals surface area (Å²) >= 11 is 0. The Morgan fingerprint density at radius 2 is 2.24 bits per heavy atom. The van der Waals surface area contributed by atoms with Crippen molar-refractivity contribution in [3.05, 3.63) is 11.9 Å². The quantitative estimate of drug-likeness (QED) is 0.734. The normalized spacial score (nSPS) is 42.2. The Labute approximate surface area is 101 Å². The number of methoxy groups -OCH3 is 1. The van der Waals surface area contributed by atoms with Crippen molar-refractivity contribution in [3.8, 4) is 0 Å². The van der Waals surface area contributed by atoms with Crippen LogP contribution in [0.1, 0.15) is 13.3 Å². The minimum atomic E-state index is -3.18. The van der Waals surface area contributed by atoms with Crippen molar-refractivity contribution in [2.24, 2.45) is 0 Å². The molecule has 98 valence electrons. The number of fused-ring (bicyclic) bond motifs is 2. The third kappa shape index (κ3) is 2.50. The van der Waals surface area contributed by atoms with Crippen LogP contribution in [0, 0.1) is 0 Å². The molecule has 17 heavy (non-hydrogen) atoms. The lowest BCUT2D eigenvalue weighted by Crippen LogP contribution is -2.48. The fourth-order valence-corrected chi connectivity index (χ4v) is 3.07. The van der Waals surface area contributed by atoms with Crippen LogP contribution < -0.4 is 0 Å². The largest absolute Gasteiger partial charge is 0.375 e. The molecule has 4 atom stereocenters. The molecule has 0 amide bonds. The second-order valence-electron chi connectivity index (χ2n) is 4.62. The van der Waals surface area contributed by atoms with Crippen LogP contribution in [-0.4, -0.2) is 53.7 Å². The minimum absolute atomic E-state index is 0.0676. The maximum absolute atomic E-state index is 9.34. The van der Waals surface area contributed by atoms with Crippen molar-refractivity contribution in [3.63, 3.8) is 0 Å². The summed E-state index contributed by atoms with van der Waals surface area (Å²) in [6, 6.07) is 0. The predicted octanol–water partition coefficient (Wildman–Crippen LogP) is 0.726. The fourth-order valence-electron chi connectivity index (χ4n) is 2.58. The molecule has 1 unspecified atom stereocenters. The van der Waals surface area contributed by atoms with Gasteiger partial charge in [-0.3, -0.25) is 0 Å². The van der Waals surface area contributed by atoms with E-state index in [-0.39, 0.29) is 18.3 Å². The van der Waals surface area contributed by atoms with Gasteiger partial charge in [-0.05, 0) is 25.1 Å². The topological polar surface area (TPSA) is 68.2 Å². The summed E-state index contributed by atoms with van der Waals surface area (Å²) < 4.78 is 17.0. The Morgan fingerprint density at radius 3 is 2.82 bits per heavy atom. The summed E-state index contributed by atoms with van der Waals surface area (Å²) in [6.45, 7) is 2.51. The minimum Gasteiger partial charge on any atom is -0.375 e. The van der Waals surface area contributed by atoms with Gasteiger partial charge in [-0.2, -0.15) is 0 Å². The van der Waals surface area contributed by atoms with Crippen LogP contribution in [0.15, 0.2) is 11.9 Å². The molecule has 2 heterocycles. The highest BCUT2D eigenvalue weighted by Crippen LogP contribution is 2.45. The maximum Gasteiger partial charge on any atom is 0.134 e. The van der Waals surface area contributed by atoms with E-state index in [9.17, 15) is 9.79 Å². The summed E-state index contributed by atoms with van der Waals surface area (Å²) in [5.41, 5.74) is -0.620. The van der Waals surface area contributed by atoms with Crippen molar-refractivity contribution >= 4 is 13.6 Å². The lowest BCUT2D eigenvalue weighted by molar-refractivity contribution is -0.110. The van der Waals surface area contributed by atoms with E-state index in [1.807, 2.05) is 6.92 Å². The Kier molecular flexibility index (Phi) is 3.51. The molecular formula is C11H19O5P. The maximum atomic E-state index is 9.34. The molecule has 2 saturated heterocycles. The summed E-state index contributed by atoms with van der Waals surface area (Å²) in [5.74, 6) is 1.33. The first kappa shape index (κ1) is 13.3. The van der Waals surface area contributed by atoms with E-state index in [4.69, 9.17) is 14.2 Å². The Hall–Kier alpha value is -0.160. The molecule has 2 bridgehead atoms. The van der Waals surface area contributed by atoms with E-state index in [2.05, 4.69) is 6.30 Å². The zero-order chi connectivity index (χ0) is 12.7. The summed E-state index contributed by atoms with van der Waals surface area (Å²) in [5, 5.41) is 0. The number of ether oxygens (including phenoxy) is 3. The summed E-state index contributed by atoms with van der Waals surface area (Å²) in [4.78, 5) is 18.7. The molecule has 5 nitrogen and oxygen atoms in total. The van der Waals surface area contributed by atoms with Gasteiger partial charge in [-0.1, -0.05) is 0 Å². The van der Waals surface area contributed by atoms with Crippen LogP contribution in [0.3, 0.4) is 0 Å². The van der Waals surface area contributed by atoms with E-state index >= 15 is 0 Å². The summed E-state index contributed by atoms with van der Waals surface area (Å²) in [6.07, 6.45) is 5.25. The van der Waals surface area contributed by atoms with Gasteiger partial charge in [-0.15, -0.1) is 0 Å². The van der Waals surface area contributed by atoms with Crippen LogP contribution >= 0.6 is 7.34 Å². The van der Waals surface area contributed by atoms with Crippen LogP contribution in [0.5, 0.6) is 0 Å². The van der Waals surface area contributed by atoms with E-state index in [1.54, 1.807) is 13.2 Å². The molecule has 0 aliphatic carbocycles. The molecule has 0 radical (unpaired) electrons. The highest BCUT2D eigenvalue weighted by Gasteiger charge is 2.55. The highest BCUT2D eigenvalue weighted by atomic mass is 31.2. The molecule has 2 N–H and O–H groups in total. The molecule has 0 aromatic carbocycles. The van der Waals surface area contributed by atoms with E-state index < -0.39 is 12.9 Å². The van der Waals surface area contributed by atoms with Gasteiger partial charge in [0.2, 0.25) is 0 Å². The highest BCUT2D eigenvalue weighted by molar-refractivity contribution is 7.65. The molecule has 2 aliphatic rings. The van der Waals surface area contributed by atoms with Gasteiger partial charge in [0.25, 0.3) is 0 Å². The second kappa shape index (κ2) is 4.50. The molecule has 2 fully saturated rings.